The van der Waals surface area contributed by atoms with Gasteiger partial charge in [0, 0.05) is 12.0 Å². The SMILES string of the molecule is CCc1cc(Cc2cc(CC)cc(C(C)(C)C)c2OCC2CO2)c(O)c(C(C)(C)C)c1. The second-order valence-corrected chi connectivity index (χ2v) is 10.9. The van der Waals surface area contributed by atoms with Gasteiger partial charge in [0.05, 0.1) is 6.61 Å². The molecule has 3 nitrogen and oxygen atoms in total. The first-order valence-corrected chi connectivity index (χ1v) is 11.7. The van der Waals surface area contributed by atoms with Crippen molar-refractivity contribution in [2.45, 2.75) is 91.6 Å². The number of aromatic hydroxyl groups is 1. The summed E-state index contributed by atoms with van der Waals surface area (Å²) in [6, 6.07) is 8.86. The van der Waals surface area contributed by atoms with Crippen molar-refractivity contribution in [3.05, 3.63) is 57.6 Å². The molecule has 1 unspecified atom stereocenters. The Morgan fingerprint density at radius 2 is 1.39 bits per heavy atom. The lowest BCUT2D eigenvalue weighted by atomic mass is 9.81. The van der Waals surface area contributed by atoms with Crippen LogP contribution in [0, 0.1) is 0 Å². The average Bonchev–Trinajstić information content (AvgIpc) is 3.50. The maximum Gasteiger partial charge on any atom is 0.126 e. The lowest BCUT2D eigenvalue weighted by Crippen LogP contribution is -2.18. The van der Waals surface area contributed by atoms with Gasteiger partial charge in [-0.05, 0) is 51.5 Å². The fraction of sp³-hybridized carbons (Fsp3) is 0.571. The second-order valence-electron chi connectivity index (χ2n) is 10.9. The van der Waals surface area contributed by atoms with Crippen LogP contribution in [0.15, 0.2) is 24.3 Å². The van der Waals surface area contributed by atoms with Crippen LogP contribution < -0.4 is 4.74 Å². The summed E-state index contributed by atoms with van der Waals surface area (Å²) >= 11 is 0. The van der Waals surface area contributed by atoms with Crippen molar-refractivity contribution in [2.24, 2.45) is 0 Å². The maximum atomic E-state index is 11.2. The van der Waals surface area contributed by atoms with Crippen LogP contribution in [-0.4, -0.2) is 24.4 Å². The number of phenols is 1. The molecule has 2 aromatic carbocycles. The van der Waals surface area contributed by atoms with E-state index in [9.17, 15) is 5.11 Å². The topological polar surface area (TPSA) is 42.0 Å². The highest BCUT2D eigenvalue weighted by molar-refractivity contribution is 5.54. The van der Waals surface area contributed by atoms with Crippen molar-refractivity contribution in [1.82, 2.24) is 0 Å². The van der Waals surface area contributed by atoms with Gasteiger partial charge in [-0.25, -0.2) is 0 Å². The number of ether oxygens (including phenoxy) is 2. The van der Waals surface area contributed by atoms with Crippen LogP contribution in [0.1, 0.15) is 88.8 Å². The summed E-state index contributed by atoms with van der Waals surface area (Å²) in [7, 11) is 0. The van der Waals surface area contributed by atoms with Crippen LogP contribution in [0.3, 0.4) is 0 Å². The van der Waals surface area contributed by atoms with Crippen LogP contribution in [0.25, 0.3) is 0 Å². The molecule has 0 radical (unpaired) electrons. The van der Waals surface area contributed by atoms with E-state index in [4.69, 9.17) is 9.47 Å². The molecule has 31 heavy (non-hydrogen) atoms. The normalized spacial score (nSPS) is 16.5. The summed E-state index contributed by atoms with van der Waals surface area (Å²) in [5.41, 5.74) is 6.77. The molecule has 2 aromatic rings. The largest absolute Gasteiger partial charge is 0.507 e. The van der Waals surface area contributed by atoms with Gasteiger partial charge in [-0.15, -0.1) is 0 Å². The number of rotatable bonds is 7. The molecule has 1 N–H and O–H groups in total. The number of phenolic OH excluding ortho intramolecular Hbond substituents is 1. The fourth-order valence-electron chi connectivity index (χ4n) is 4.03. The number of aryl methyl sites for hydroxylation is 2. The predicted octanol–water partition coefficient (Wildman–Crippen LogP) is 6.48. The van der Waals surface area contributed by atoms with Crippen LogP contribution >= 0.6 is 0 Å². The van der Waals surface area contributed by atoms with Gasteiger partial charge in [0.15, 0.2) is 0 Å². The van der Waals surface area contributed by atoms with E-state index in [2.05, 4.69) is 79.7 Å². The van der Waals surface area contributed by atoms with Crippen LogP contribution in [-0.2, 0) is 34.8 Å². The molecule has 1 aliphatic heterocycles. The Kier molecular flexibility index (Phi) is 6.76. The Hall–Kier alpha value is -2.00. The van der Waals surface area contributed by atoms with Crippen molar-refractivity contribution in [2.75, 3.05) is 13.2 Å². The molecule has 170 valence electrons. The molecule has 0 aliphatic carbocycles. The average molecular weight is 425 g/mol. The van der Waals surface area contributed by atoms with Gasteiger partial charge < -0.3 is 14.6 Å². The molecule has 3 rings (SSSR count). The Balaban J connectivity index is 2.13. The van der Waals surface area contributed by atoms with Gasteiger partial charge in [0.1, 0.15) is 24.2 Å². The first kappa shape index (κ1) is 23.7. The molecule has 0 saturated carbocycles. The molecule has 0 spiro atoms. The molecule has 1 atom stereocenters. The first-order chi connectivity index (χ1) is 14.4. The Labute approximate surface area is 188 Å². The summed E-state index contributed by atoms with van der Waals surface area (Å²) in [5.74, 6) is 1.37. The van der Waals surface area contributed by atoms with Gasteiger partial charge in [0.2, 0.25) is 0 Å². The number of hydrogen-bond acceptors (Lipinski definition) is 3. The molecule has 0 aromatic heterocycles. The molecule has 0 amide bonds. The summed E-state index contributed by atoms with van der Waals surface area (Å²) < 4.78 is 11.8. The van der Waals surface area contributed by atoms with E-state index < -0.39 is 0 Å². The Morgan fingerprint density at radius 1 is 0.871 bits per heavy atom. The molecule has 1 aliphatic rings. The number of benzene rings is 2. The van der Waals surface area contributed by atoms with E-state index in [0.29, 0.717) is 18.8 Å². The van der Waals surface area contributed by atoms with Crippen LogP contribution in [0.2, 0.25) is 0 Å². The van der Waals surface area contributed by atoms with E-state index in [1.54, 1.807) is 0 Å². The zero-order valence-electron chi connectivity index (χ0n) is 20.7. The highest BCUT2D eigenvalue weighted by atomic mass is 16.6. The Bertz CT molecular complexity index is 925. The van der Waals surface area contributed by atoms with Crippen molar-refractivity contribution >= 4 is 0 Å². The summed E-state index contributed by atoms with van der Waals surface area (Å²) in [5, 5.41) is 11.2. The maximum absolute atomic E-state index is 11.2. The predicted molar refractivity (Wildman–Crippen MR) is 129 cm³/mol. The number of epoxide rings is 1. The molecule has 0 bridgehead atoms. The minimum atomic E-state index is -0.117. The third kappa shape index (κ3) is 5.63. The first-order valence-electron chi connectivity index (χ1n) is 11.7. The van der Waals surface area contributed by atoms with Gasteiger partial charge in [-0.1, -0.05) is 79.7 Å². The molecular weight excluding hydrogens is 384 g/mol. The number of hydrogen-bond donors (Lipinski definition) is 1. The van der Waals surface area contributed by atoms with E-state index >= 15 is 0 Å². The molecular formula is C28H40O3. The molecule has 3 heteroatoms. The van der Waals surface area contributed by atoms with Gasteiger partial charge in [-0.2, -0.15) is 0 Å². The van der Waals surface area contributed by atoms with Crippen molar-refractivity contribution in [3.8, 4) is 11.5 Å². The monoisotopic (exact) mass is 424 g/mol. The molecule has 1 fully saturated rings. The van der Waals surface area contributed by atoms with Gasteiger partial charge in [-0.3, -0.25) is 0 Å². The summed E-state index contributed by atoms with van der Waals surface area (Å²) in [6.45, 7) is 18.9. The van der Waals surface area contributed by atoms with Crippen molar-refractivity contribution in [1.29, 1.82) is 0 Å². The highest BCUT2D eigenvalue weighted by Gasteiger charge is 2.28. The van der Waals surface area contributed by atoms with E-state index in [1.165, 1.54) is 16.7 Å². The van der Waals surface area contributed by atoms with E-state index in [1.807, 2.05) is 0 Å². The summed E-state index contributed by atoms with van der Waals surface area (Å²) in [6.07, 6.45) is 2.77. The smallest absolute Gasteiger partial charge is 0.126 e. The van der Waals surface area contributed by atoms with Crippen molar-refractivity contribution in [3.63, 3.8) is 0 Å². The zero-order chi connectivity index (χ0) is 23.0. The third-order valence-corrected chi connectivity index (χ3v) is 6.10. The molecule has 1 heterocycles. The van der Waals surface area contributed by atoms with Crippen LogP contribution in [0.5, 0.6) is 11.5 Å². The van der Waals surface area contributed by atoms with E-state index in [0.717, 1.165) is 41.9 Å². The molecule has 1 saturated heterocycles. The minimum absolute atomic E-state index is 0.0381. The van der Waals surface area contributed by atoms with Crippen LogP contribution in [0.4, 0.5) is 0 Å². The quantitative estimate of drug-likeness (QED) is 0.517. The lowest BCUT2D eigenvalue weighted by Gasteiger charge is -2.27. The highest BCUT2D eigenvalue weighted by Crippen LogP contribution is 2.40. The second kappa shape index (κ2) is 8.86. The zero-order valence-corrected chi connectivity index (χ0v) is 20.7. The van der Waals surface area contributed by atoms with Gasteiger partial charge >= 0.3 is 0 Å². The summed E-state index contributed by atoms with van der Waals surface area (Å²) in [4.78, 5) is 0. The van der Waals surface area contributed by atoms with E-state index in [-0.39, 0.29) is 16.9 Å². The van der Waals surface area contributed by atoms with Gasteiger partial charge in [0.25, 0.3) is 0 Å². The fourth-order valence-corrected chi connectivity index (χ4v) is 4.03. The Morgan fingerprint density at radius 3 is 1.87 bits per heavy atom. The standard InChI is InChI=1S/C28H40O3/c1-9-18-11-20(25(29)23(13-18)27(3,4)5)15-21-12-19(10-2)14-24(28(6,7)8)26(21)31-17-22-16-30-22/h11-14,22,29H,9-10,15-17H2,1-8H3. The third-order valence-electron chi connectivity index (χ3n) is 6.10. The van der Waals surface area contributed by atoms with Crippen molar-refractivity contribution < 1.29 is 14.6 Å². The lowest BCUT2D eigenvalue weighted by molar-refractivity contribution is 0.256. The minimum Gasteiger partial charge on any atom is -0.507 e.